The van der Waals surface area contributed by atoms with Crippen LogP contribution in [-0.2, 0) is 18.3 Å². The first-order chi connectivity index (χ1) is 13.8. The molecule has 0 saturated heterocycles. The Balaban J connectivity index is 1.78. The van der Waals surface area contributed by atoms with Gasteiger partial charge in [-0.2, -0.15) is 8.78 Å². The number of hydrogen-bond donors (Lipinski definition) is 1. The highest BCUT2D eigenvalue weighted by atomic mass is 32.2. The molecule has 0 aliphatic rings. The molecule has 6 nitrogen and oxygen atoms in total. The molecule has 3 rings (SSSR count). The number of halogens is 2. The number of anilines is 1. The maximum absolute atomic E-state index is 12.7. The third-order valence-electron chi connectivity index (χ3n) is 4.70. The Morgan fingerprint density at radius 1 is 1.31 bits per heavy atom. The van der Waals surface area contributed by atoms with E-state index in [1.165, 1.54) is 0 Å². The third-order valence-corrected chi connectivity index (χ3v) is 5.48. The van der Waals surface area contributed by atoms with Crippen LogP contribution in [0.4, 0.5) is 14.5 Å². The van der Waals surface area contributed by atoms with Gasteiger partial charge in [-0.25, -0.2) is 9.67 Å². The van der Waals surface area contributed by atoms with Gasteiger partial charge in [-0.1, -0.05) is 23.9 Å². The van der Waals surface area contributed by atoms with Crippen molar-refractivity contribution in [1.29, 1.82) is 0 Å². The van der Waals surface area contributed by atoms with E-state index in [1.54, 1.807) is 43.1 Å². The molecule has 0 bridgehead atoms. The number of rotatable bonds is 7. The SMILES string of the molecule is COc1nn(C)c2nc(C)c(CCC(=O)Nc3ccccc3SC(F)F)c(C)c12. The number of aryl methyl sites for hydroxylation is 3. The average Bonchev–Trinajstić information content (AvgIpc) is 2.98. The van der Waals surface area contributed by atoms with Crippen LogP contribution in [0.5, 0.6) is 5.88 Å². The minimum atomic E-state index is -2.55. The fourth-order valence-corrected chi connectivity index (χ4v) is 3.92. The summed E-state index contributed by atoms with van der Waals surface area (Å²) in [6, 6.07) is 6.54. The first kappa shape index (κ1) is 21.0. The number of carbonyl (C=O) groups is 1. The highest BCUT2D eigenvalue weighted by molar-refractivity contribution is 7.99. The first-order valence-electron chi connectivity index (χ1n) is 9.02. The summed E-state index contributed by atoms with van der Waals surface area (Å²) in [4.78, 5) is 17.4. The molecule has 2 aromatic heterocycles. The molecule has 0 unspecified atom stereocenters. The number of methoxy groups -OCH3 is 1. The molecule has 0 saturated carbocycles. The molecule has 1 N–H and O–H groups in total. The van der Waals surface area contributed by atoms with Crippen LogP contribution in [0.1, 0.15) is 23.2 Å². The summed E-state index contributed by atoms with van der Waals surface area (Å²) < 4.78 is 32.5. The van der Waals surface area contributed by atoms with Crippen LogP contribution in [0.2, 0.25) is 0 Å². The zero-order valence-electron chi connectivity index (χ0n) is 16.6. The van der Waals surface area contributed by atoms with Crippen molar-refractivity contribution >= 4 is 34.4 Å². The van der Waals surface area contributed by atoms with E-state index in [2.05, 4.69) is 15.4 Å². The fourth-order valence-electron chi connectivity index (χ4n) is 3.33. The Morgan fingerprint density at radius 3 is 2.72 bits per heavy atom. The monoisotopic (exact) mass is 420 g/mol. The number of alkyl halides is 2. The van der Waals surface area contributed by atoms with Gasteiger partial charge in [0.1, 0.15) is 0 Å². The quantitative estimate of drug-likeness (QED) is 0.571. The van der Waals surface area contributed by atoms with Gasteiger partial charge >= 0.3 is 0 Å². The van der Waals surface area contributed by atoms with Gasteiger partial charge < -0.3 is 10.1 Å². The zero-order chi connectivity index (χ0) is 21.1. The Labute approximate surface area is 171 Å². The van der Waals surface area contributed by atoms with E-state index in [0.29, 0.717) is 34.6 Å². The van der Waals surface area contributed by atoms with Crippen LogP contribution < -0.4 is 10.1 Å². The zero-order valence-corrected chi connectivity index (χ0v) is 17.4. The van der Waals surface area contributed by atoms with Gasteiger partial charge in [0.15, 0.2) is 5.65 Å². The van der Waals surface area contributed by atoms with Gasteiger partial charge in [0, 0.05) is 24.1 Å². The molecule has 3 aromatic rings. The van der Waals surface area contributed by atoms with Crippen LogP contribution in [0.3, 0.4) is 0 Å². The molecule has 0 aliphatic heterocycles. The summed E-state index contributed by atoms with van der Waals surface area (Å²) in [5.74, 6) is -2.30. The van der Waals surface area contributed by atoms with Gasteiger partial charge in [-0.15, -0.1) is 5.10 Å². The van der Waals surface area contributed by atoms with Gasteiger partial charge in [-0.05, 0) is 43.5 Å². The van der Waals surface area contributed by atoms with Crippen molar-refractivity contribution in [2.45, 2.75) is 37.3 Å². The lowest BCUT2D eigenvalue weighted by atomic mass is 10.00. The summed E-state index contributed by atoms with van der Waals surface area (Å²) in [5, 5.41) is 7.89. The van der Waals surface area contributed by atoms with Crippen LogP contribution in [0, 0.1) is 13.8 Å². The number of para-hydroxylation sites is 1. The number of fused-ring (bicyclic) bond motifs is 1. The number of ether oxygens (including phenoxy) is 1. The van der Waals surface area contributed by atoms with Crippen molar-refractivity contribution in [2.24, 2.45) is 7.05 Å². The molecule has 1 amide bonds. The standard InChI is InChI=1S/C20H22F2N4O2S/c1-11-13(12(2)23-18-17(11)19(28-4)25-26(18)3)9-10-16(27)24-14-7-5-6-8-15(14)29-20(21)22/h5-8,20H,9-10H2,1-4H3,(H,24,27). The summed E-state index contributed by atoms with van der Waals surface area (Å²) in [6.07, 6.45) is 0.666. The number of thioether (sulfide) groups is 1. The summed E-state index contributed by atoms with van der Waals surface area (Å²) in [7, 11) is 3.36. The molecular weight excluding hydrogens is 398 g/mol. The first-order valence-corrected chi connectivity index (χ1v) is 9.90. The summed E-state index contributed by atoms with van der Waals surface area (Å²) in [5.41, 5.74) is 3.86. The predicted molar refractivity (Wildman–Crippen MR) is 110 cm³/mol. The topological polar surface area (TPSA) is 69.0 Å². The molecule has 2 heterocycles. The van der Waals surface area contributed by atoms with E-state index in [0.717, 1.165) is 27.9 Å². The number of pyridine rings is 1. The van der Waals surface area contributed by atoms with Crippen molar-refractivity contribution in [1.82, 2.24) is 14.8 Å². The molecular formula is C20H22F2N4O2S. The second kappa shape index (κ2) is 8.77. The number of benzene rings is 1. The Morgan fingerprint density at radius 2 is 2.03 bits per heavy atom. The van der Waals surface area contributed by atoms with E-state index >= 15 is 0 Å². The predicted octanol–water partition coefficient (Wildman–Crippen LogP) is 4.48. The third kappa shape index (κ3) is 4.50. The fraction of sp³-hybridized carbons (Fsp3) is 0.350. The molecule has 1 aromatic carbocycles. The van der Waals surface area contributed by atoms with E-state index in [-0.39, 0.29) is 12.3 Å². The highest BCUT2D eigenvalue weighted by Crippen LogP contribution is 2.32. The molecule has 0 aliphatic carbocycles. The lowest BCUT2D eigenvalue weighted by molar-refractivity contribution is -0.116. The van der Waals surface area contributed by atoms with E-state index in [4.69, 9.17) is 4.74 Å². The second-order valence-corrected chi connectivity index (χ2v) is 7.59. The number of hydrogen-bond acceptors (Lipinski definition) is 5. The average molecular weight is 420 g/mol. The normalized spacial score (nSPS) is 11.3. The molecule has 0 radical (unpaired) electrons. The van der Waals surface area contributed by atoms with Gasteiger partial charge in [0.2, 0.25) is 11.8 Å². The van der Waals surface area contributed by atoms with Crippen molar-refractivity contribution in [3.63, 3.8) is 0 Å². The number of amides is 1. The van der Waals surface area contributed by atoms with Crippen LogP contribution >= 0.6 is 11.8 Å². The Hall–Kier alpha value is -2.68. The van der Waals surface area contributed by atoms with E-state index < -0.39 is 5.76 Å². The van der Waals surface area contributed by atoms with E-state index in [1.807, 2.05) is 13.8 Å². The summed E-state index contributed by atoms with van der Waals surface area (Å²) >= 11 is 0.413. The van der Waals surface area contributed by atoms with Crippen LogP contribution in [0.15, 0.2) is 29.2 Å². The maximum atomic E-state index is 12.7. The number of nitrogens with one attached hydrogen (secondary N) is 1. The van der Waals surface area contributed by atoms with Crippen molar-refractivity contribution in [3.8, 4) is 5.88 Å². The molecule has 0 atom stereocenters. The second-order valence-electron chi connectivity index (χ2n) is 6.56. The van der Waals surface area contributed by atoms with Gasteiger partial charge in [-0.3, -0.25) is 4.79 Å². The van der Waals surface area contributed by atoms with Crippen molar-refractivity contribution in [3.05, 3.63) is 41.1 Å². The summed E-state index contributed by atoms with van der Waals surface area (Å²) in [6.45, 7) is 3.86. The maximum Gasteiger partial charge on any atom is 0.288 e. The Kier molecular flexibility index (Phi) is 6.36. The molecule has 0 fully saturated rings. The largest absolute Gasteiger partial charge is 0.479 e. The van der Waals surface area contributed by atoms with Crippen LogP contribution in [-0.4, -0.2) is 33.5 Å². The molecule has 154 valence electrons. The number of aromatic nitrogens is 3. The smallest absolute Gasteiger partial charge is 0.288 e. The number of carbonyl (C=O) groups excluding carboxylic acids is 1. The lowest BCUT2D eigenvalue weighted by Gasteiger charge is -2.13. The van der Waals surface area contributed by atoms with Gasteiger partial charge in [0.05, 0.1) is 18.2 Å². The lowest BCUT2D eigenvalue weighted by Crippen LogP contribution is -2.14. The minimum absolute atomic E-state index is 0.200. The van der Waals surface area contributed by atoms with Gasteiger partial charge in [0.25, 0.3) is 5.76 Å². The number of nitrogens with zero attached hydrogens (tertiary/aromatic N) is 3. The minimum Gasteiger partial charge on any atom is -0.479 e. The molecule has 9 heteroatoms. The Bertz CT molecular complexity index is 1050. The molecule has 29 heavy (non-hydrogen) atoms. The van der Waals surface area contributed by atoms with Crippen LogP contribution in [0.25, 0.3) is 11.0 Å². The van der Waals surface area contributed by atoms with Crippen molar-refractivity contribution in [2.75, 3.05) is 12.4 Å². The highest BCUT2D eigenvalue weighted by Gasteiger charge is 2.19. The molecule has 0 spiro atoms. The van der Waals surface area contributed by atoms with Crippen molar-refractivity contribution < 1.29 is 18.3 Å². The van der Waals surface area contributed by atoms with E-state index in [9.17, 15) is 13.6 Å².